The zero-order valence-electron chi connectivity index (χ0n) is 17.4. The molecule has 1 amide bonds. The Labute approximate surface area is 178 Å². The highest BCUT2D eigenvalue weighted by molar-refractivity contribution is 6.04. The van der Waals surface area contributed by atoms with E-state index in [1.807, 2.05) is 36.4 Å². The summed E-state index contributed by atoms with van der Waals surface area (Å²) in [4.78, 5) is 12.6. The molecular formula is C27H28N2O. The minimum Gasteiger partial charge on any atom is -0.322 e. The molecule has 0 aromatic heterocycles. The molecule has 0 aliphatic heterocycles. The molecule has 152 valence electrons. The third-order valence-electron chi connectivity index (χ3n) is 6.28. The zero-order chi connectivity index (χ0) is 20.5. The Kier molecular flexibility index (Phi) is 5.14. The molecule has 0 radical (unpaired) electrons. The van der Waals surface area contributed by atoms with Crippen LogP contribution in [0.4, 0.5) is 5.69 Å². The van der Waals surface area contributed by atoms with Crippen molar-refractivity contribution in [2.45, 2.75) is 38.1 Å². The maximum Gasteiger partial charge on any atom is 0.255 e. The number of amides is 1. The van der Waals surface area contributed by atoms with E-state index in [2.05, 4.69) is 54.0 Å². The second-order valence-corrected chi connectivity index (χ2v) is 8.82. The molecule has 0 spiro atoms. The maximum atomic E-state index is 12.6. The normalized spacial score (nSPS) is 20.0. The van der Waals surface area contributed by atoms with Crippen molar-refractivity contribution in [1.29, 1.82) is 0 Å². The van der Waals surface area contributed by atoms with Crippen molar-refractivity contribution in [3.05, 3.63) is 89.5 Å². The average molecular weight is 397 g/mol. The van der Waals surface area contributed by atoms with Gasteiger partial charge in [-0.05, 0) is 79.6 Å². The molecule has 0 unspecified atom stereocenters. The van der Waals surface area contributed by atoms with Gasteiger partial charge in [0.2, 0.25) is 0 Å². The van der Waals surface area contributed by atoms with Crippen LogP contribution >= 0.6 is 0 Å². The Morgan fingerprint density at radius 2 is 1.50 bits per heavy atom. The van der Waals surface area contributed by atoms with Gasteiger partial charge < -0.3 is 10.6 Å². The lowest BCUT2D eigenvalue weighted by atomic mass is 10.0. The Bertz CT molecular complexity index is 1020. The molecule has 3 nitrogen and oxygen atoms in total. The molecule has 2 fully saturated rings. The molecule has 3 heteroatoms. The fourth-order valence-electron chi connectivity index (χ4n) is 4.01. The summed E-state index contributed by atoms with van der Waals surface area (Å²) in [5.41, 5.74) is 6.39. The standard InChI is InChI=1S/C27H28N2O/c1-18-2-6-20(7-3-18)21-8-10-23(11-9-21)27(30)29-24-14-12-22(13-15-24)25-16-26(25)28-17-19-4-5-19/h2-3,6-15,19,25-26,28H,4-5,16-17H2,1H3,(H,29,30)/t25-,26+/m0/s1. The number of carbonyl (C=O) groups excluding carboxylic acids is 1. The summed E-state index contributed by atoms with van der Waals surface area (Å²) in [6.45, 7) is 3.26. The lowest BCUT2D eigenvalue weighted by molar-refractivity contribution is 0.102. The van der Waals surface area contributed by atoms with Crippen LogP contribution in [0.15, 0.2) is 72.8 Å². The third-order valence-corrected chi connectivity index (χ3v) is 6.28. The van der Waals surface area contributed by atoms with E-state index in [9.17, 15) is 4.79 Å². The number of anilines is 1. The van der Waals surface area contributed by atoms with E-state index >= 15 is 0 Å². The van der Waals surface area contributed by atoms with Crippen molar-refractivity contribution in [1.82, 2.24) is 5.32 Å². The number of aryl methyl sites for hydroxylation is 1. The second-order valence-electron chi connectivity index (χ2n) is 8.82. The molecule has 0 heterocycles. The first kappa shape index (κ1) is 19.1. The van der Waals surface area contributed by atoms with Gasteiger partial charge in [-0.3, -0.25) is 4.79 Å². The summed E-state index contributed by atoms with van der Waals surface area (Å²) in [5, 5.41) is 6.70. The van der Waals surface area contributed by atoms with Gasteiger partial charge in [0.15, 0.2) is 0 Å². The van der Waals surface area contributed by atoms with Crippen LogP contribution in [0.25, 0.3) is 11.1 Å². The van der Waals surface area contributed by atoms with Crippen LogP contribution in [0.1, 0.15) is 46.7 Å². The van der Waals surface area contributed by atoms with Crippen LogP contribution in [0.2, 0.25) is 0 Å². The lowest BCUT2D eigenvalue weighted by Crippen LogP contribution is -2.20. The van der Waals surface area contributed by atoms with Crippen molar-refractivity contribution < 1.29 is 4.79 Å². The second kappa shape index (κ2) is 8.08. The average Bonchev–Trinajstić information content (AvgIpc) is 3.69. The lowest BCUT2D eigenvalue weighted by Gasteiger charge is -2.08. The van der Waals surface area contributed by atoms with E-state index in [-0.39, 0.29) is 5.91 Å². The first-order valence-corrected chi connectivity index (χ1v) is 11.0. The van der Waals surface area contributed by atoms with Gasteiger partial charge in [-0.1, -0.05) is 54.1 Å². The first-order chi connectivity index (χ1) is 14.7. The molecular weight excluding hydrogens is 368 g/mol. The minimum atomic E-state index is -0.0754. The van der Waals surface area contributed by atoms with Gasteiger partial charge >= 0.3 is 0 Å². The highest BCUT2D eigenvalue weighted by atomic mass is 16.1. The predicted molar refractivity (Wildman–Crippen MR) is 123 cm³/mol. The molecule has 0 bridgehead atoms. The van der Waals surface area contributed by atoms with Crippen LogP contribution in [0.5, 0.6) is 0 Å². The molecule has 2 aliphatic carbocycles. The Morgan fingerprint density at radius 3 is 2.13 bits per heavy atom. The summed E-state index contributed by atoms with van der Waals surface area (Å²) in [6, 6.07) is 25.2. The number of hydrogen-bond acceptors (Lipinski definition) is 2. The summed E-state index contributed by atoms with van der Waals surface area (Å²) >= 11 is 0. The molecule has 2 saturated carbocycles. The summed E-state index contributed by atoms with van der Waals surface area (Å²) in [5.74, 6) is 1.48. The van der Waals surface area contributed by atoms with Crippen LogP contribution < -0.4 is 10.6 Å². The van der Waals surface area contributed by atoms with Crippen molar-refractivity contribution in [2.75, 3.05) is 11.9 Å². The predicted octanol–water partition coefficient (Wildman–Crippen LogP) is 5.77. The van der Waals surface area contributed by atoms with Gasteiger partial charge in [0.05, 0.1) is 0 Å². The SMILES string of the molecule is Cc1ccc(-c2ccc(C(=O)Nc3ccc([C@@H]4C[C@H]4NCC4CC4)cc3)cc2)cc1. The van der Waals surface area contributed by atoms with Crippen LogP contribution in [-0.2, 0) is 0 Å². The number of carbonyl (C=O) groups is 1. The van der Waals surface area contributed by atoms with E-state index in [0.717, 1.165) is 22.7 Å². The van der Waals surface area contributed by atoms with Crippen molar-refractivity contribution in [3.63, 3.8) is 0 Å². The van der Waals surface area contributed by atoms with Gasteiger partial charge in [-0.15, -0.1) is 0 Å². The third kappa shape index (κ3) is 4.47. The van der Waals surface area contributed by atoms with Crippen LogP contribution in [0, 0.1) is 12.8 Å². The molecule has 5 rings (SSSR count). The van der Waals surface area contributed by atoms with Crippen molar-refractivity contribution in [2.24, 2.45) is 5.92 Å². The molecule has 2 aliphatic rings. The van der Waals surface area contributed by atoms with Crippen molar-refractivity contribution >= 4 is 11.6 Å². The van der Waals surface area contributed by atoms with Gasteiger partial charge in [-0.25, -0.2) is 0 Å². The fraction of sp³-hybridized carbons (Fsp3) is 0.296. The van der Waals surface area contributed by atoms with E-state index in [1.54, 1.807) is 0 Å². The van der Waals surface area contributed by atoms with Gasteiger partial charge in [0, 0.05) is 23.2 Å². The highest BCUT2D eigenvalue weighted by Crippen LogP contribution is 2.42. The molecule has 0 saturated heterocycles. The minimum absolute atomic E-state index is 0.0754. The summed E-state index contributed by atoms with van der Waals surface area (Å²) in [6.07, 6.45) is 4.02. The Morgan fingerprint density at radius 1 is 0.867 bits per heavy atom. The Hall–Kier alpha value is -2.91. The van der Waals surface area contributed by atoms with Crippen molar-refractivity contribution in [3.8, 4) is 11.1 Å². The van der Waals surface area contributed by atoms with E-state index < -0.39 is 0 Å². The van der Waals surface area contributed by atoms with Gasteiger partial charge in [-0.2, -0.15) is 0 Å². The fourth-order valence-corrected chi connectivity index (χ4v) is 4.01. The van der Waals surface area contributed by atoms with E-state index in [0.29, 0.717) is 17.5 Å². The molecule has 3 aromatic carbocycles. The number of benzene rings is 3. The largest absolute Gasteiger partial charge is 0.322 e. The monoisotopic (exact) mass is 396 g/mol. The number of hydrogen-bond donors (Lipinski definition) is 2. The van der Waals surface area contributed by atoms with Gasteiger partial charge in [0.25, 0.3) is 5.91 Å². The maximum absolute atomic E-state index is 12.6. The molecule has 2 N–H and O–H groups in total. The smallest absolute Gasteiger partial charge is 0.255 e. The van der Waals surface area contributed by atoms with E-state index in [1.165, 1.54) is 36.9 Å². The van der Waals surface area contributed by atoms with Crippen LogP contribution in [0.3, 0.4) is 0 Å². The van der Waals surface area contributed by atoms with E-state index in [4.69, 9.17) is 0 Å². The molecule has 30 heavy (non-hydrogen) atoms. The molecule has 2 atom stereocenters. The highest BCUT2D eigenvalue weighted by Gasteiger charge is 2.38. The first-order valence-electron chi connectivity index (χ1n) is 11.0. The quantitative estimate of drug-likeness (QED) is 0.532. The number of rotatable bonds is 7. The van der Waals surface area contributed by atoms with Crippen LogP contribution in [-0.4, -0.2) is 18.5 Å². The molecule has 3 aromatic rings. The zero-order valence-corrected chi connectivity index (χ0v) is 17.4. The number of nitrogens with one attached hydrogen (secondary N) is 2. The summed E-state index contributed by atoms with van der Waals surface area (Å²) in [7, 11) is 0. The summed E-state index contributed by atoms with van der Waals surface area (Å²) < 4.78 is 0. The topological polar surface area (TPSA) is 41.1 Å². The Balaban J connectivity index is 1.17. The van der Waals surface area contributed by atoms with Gasteiger partial charge in [0.1, 0.15) is 0 Å².